The van der Waals surface area contributed by atoms with Gasteiger partial charge in [0.1, 0.15) is 5.75 Å². The first-order chi connectivity index (χ1) is 9.44. The SMILES string of the molecule is CN=C(NCCCc1ccc(OC)cc1)NC(C)(C)C.I. The van der Waals surface area contributed by atoms with Crippen LogP contribution in [0.1, 0.15) is 32.8 Å². The Morgan fingerprint density at radius 2 is 1.81 bits per heavy atom. The molecule has 1 aromatic rings. The molecule has 0 aromatic heterocycles. The smallest absolute Gasteiger partial charge is 0.191 e. The first kappa shape index (κ1) is 20.0. The number of methoxy groups -OCH3 is 1. The van der Waals surface area contributed by atoms with E-state index < -0.39 is 0 Å². The number of benzene rings is 1. The second-order valence-electron chi connectivity index (χ2n) is 5.83. The second kappa shape index (κ2) is 9.87. The fourth-order valence-corrected chi connectivity index (χ4v) is 1.83. The van der Waals surface area contributed by atoms with Crippen LogP contribution in [0.3, 0.4) is 0 Å². The molecule has 1 rings (SSSR count). The highest BCUT2D eigenvalue weighted by Gasteiger charge is 2.11. The Hall–Kier alpha value is -0.980. The summed E-state index contributed by atoms with van der Waals surface area (Å²) in [6.45, 7) is 7.27. The van der Waals surface area contributed by atoms with Crippen LogP contribution in [-0.4, -0.2) is 32.2 Å². The molecule has 0 unspecified atom stereocenters. The normalized spacial score (nSPS) is 11.6. The summed E-state index contributed by atoms with van der Waals surface area (Å²) >= 11 is 0. The van der Waals surface area contributed by atoms with Gasteiger partial charge >= 0.3 is 0 Å². The molecule has 120 valence electrons. The van der Waals surface area contributed by atoms with E-state index in [-0.39, 0.29) is 29.5 Å². The Labute approximate surface area is 145 Å². The highest BCUT2D eigenvalue weighted by molar-refractivity contribution is 14.0. The number of guanidine groups is 1. The van der Waals surface area contributed by atoms with Crippen molar-refractivity contribution in [2.45, 2.75) is 39.2 Å². The molecule has 5 heteroatoms. The summed E-state index contributed by atoms with van der Waals surface area (Å²) in [4.78, 5) is 4.22. The molecular weight excluding hydrogens is 377 g/mol. The van der Waals surface area contributed by atoms with Crippen LogP contribution in [0.5, 0.6) is 5.75 Å². The molecule has 0 radical (unpaired) electrons. The van der Waals surface area contributed by atoms with E-state index in [1.165, 1.54) is 5.56 Å². The van der Waals surface area contributed by atoms with Crippen LogP contribution < -0.4 is 15.4 Å². The Morgan fingerprint density at radius 1 is 1.19 bits per heavy atom. The largest absolute Gasteiger partial charge is 0.497 e. The maximum Gasteiger partial charge on any atom is 0.191 e. The van der Waals surface area contributed by atoms with Gasteiger partial charge in [-0.2, -0.15) is 0 Å². The molecule has 0 amide bonds. The number of ether oxygens (including phenoxy) is 1. The monoisotopic (exact) mass is 405 g/mol. The van der Waals surface area contributed by atoms with Crippen molar-refractivity contribution >= 4 is 29.9 Å². The van der Waals surface area contributed by atoms with Crippen molar-refractivity contribution in [3.05, 3.63) is 29.8 Å². The molecule has 0 aliphatic rings. The quantitative estimate of drug-likeness (QED) is 0.342. The molecule has 0 fully saturated rings. The zero-order valence-corrected chi connectivity index (χ0v) is 16.0. The molecule has 21 heavy (non-hydrogen) atoms. The number of aryl methyl sites for hydroxylation is 1. The van der Waals surface area contributed by atoms with Crippen molar-refractivity contribution in [2.24, 2.45) is 4.99 Å². The minimum Gasteiger partial charge on any atom is -0.497 e. The number of hydrogen-bond donors (Lipinski definition) is 2. The van der Waals surface area contributed by atoms with Crippen molar-refractivity contribution in [1.82, 2.24) is 10.6 Å². The molecule has 0 aliphatic heterocycles. The van der Waals surface area contributed by atoms with E-state index >= 15 is 0 Å². The van der Waals surface area contributed by atoms with Crippen LogP contribution in [0.2, 0.25) is 0 Å². The number of rotatable bonds is 5. The predicted octanol–water partition coefficient (Wildman–Crippen LogP) is 3.21. The Balaban J connectivity index is 0.00000400. The Kier molecular flexibility index (Phi) is 9.41. The van der Waals surface area contributed by atoms with Gasteiger partial charge in [0.15, 0.2) is 5.96 Å². The zero-order chi connectivity index (χ0) is 15.0. The van der Waals surface area contributed by atoms with Gasteiger partial charge in [-0.05, 0) is 51.3 Å². The fourth-order valence-electron chi connectivity index (χ4n) is 1.83. The first-order valence-corrected chi connectivity index (χ1v) is 7.06. The maximum atomic E-state index is 5.15. The Bertz CT molecular complexity index is 424. The van der Waals surface area contributed by atoms with Gasteiger partial charge in [0.25, 0.3) is 0 Å². The third-order valence-corrected chi connectivity index (χ3v) is 2.81. The summed E-state index contributed by atoms with van der Waals surface area (Å²) in [7, 11) is 3.48. The van der Waals surface area contributed by atoms with Gasteiger partial charge in [-0.3, -0.25) is 4.99 Å². The summed E-state index contributed by atoms with van der Waals surface area (Å²) in [5, 5.41) is 6.67. The highest BCUT2D eigenvalue weighted by Crippen LogP contribution is 2.12. The summed E-state index contributed by atoms with van der Waals surface area (Å²) in [5.41, 5.74) is 1.35. The lowest BCUT2D eigenvalue weighted by Gasteiger charge is -2.23. The molecule has 0 aliphatic carbocycles. The highest BCUT2D eigenvalue weighted by atomic mass is 127. The lowest BCUT2D eigenvalue weighted by Crippen LogP contribution is -2.47. The van der Waals surface area contributed by atoms with E-state index in [9.17, 15) is 0 Å². The molecule has 0 bridgehead atoms. The van der Waals surface area contributed by atoms with Crippen molar-refractivity contribution < 1.29 is 4.74 Å². The minimum absolute atomic E-state index is 0. The van der Waals surface area contributed by atoms with Gasteiger partial charge in [0.05, 0.1) is 7.11 Å². The molecule has 4 nitrogen and oxygen atoms in total. The summed E-state index contributed by atoms with van der Waals surface area (Å²) in [6, 6.07) is 8.23. The van der Waals surface area contributed by atoms with Gasteiger partial charge in [0, 0.05) is 19.1 Å². The van der Waals surface area contributed by atoms with Crippen LogP contribution in [0.4, 0.5) is 0 Å². The van der Waals surface area contributed by atoms with E-state index in [0.29, 0.717) is 0 Å². The molecule has 0 saturated carbocycles. The van der Waals surface area contributed by atoms with E-state index in [1.807, 2.05) is 12.1 Å². The van der Waals surface area contributed by atoms with E-state index in [0.717, 1.165) is 31.1 Å². The van der Waals surface area contributed by atoms with Crippen molar-refractivity contribution in [3.63, 3.8) is 0 Å². The van der Waals surface area contributed by atoms with Crippen LogP contribution >= 0.6 is 24.0 Å². The number of nitrogens with one attached hydrogen (secondary N) is 2. The van der Waals surface area contributed by atoms with Crippen molar-refractivity contribution in [1.29, 1.82) is 0 Å². The second-order valence-corrected chi connectivity index (χ2v) is 5.83. The van der Waals surface area contributed by atoms with E-state index in [1.54, 1.807) is 14.2 Å². The molecule has 0 saturated heterocycles. The van der Waals surface area contributed by atoms with Gasteiger partial charge < -0.3 is 15.4 Å². The number of nitrogens with zero attached hydrogens (tertiary/aromatic N) is 1. The van der Waals surface area contributed by atoms with Crippen LogP contribution in [0, 0.1) is 0 Å². The average Bonchev–Trinajstić information content (AvgIpc) is 2.41. The maximum absolute atomic E-state index is 5.15. The van der Waals surface area contributed by atoms with E-state index in [4.69, 9.17) is 4.74 Å². The summed E-state index contributed by atoms with van der Waals surface area (Å²) in [6.07, 6.45) is 2.11. The molecule has 0 atom stereocenters. The molecule has 0 heterocycles. The third-order valence-electron chi connectivity index (χ3n) is 2.81. The Morgan fingerprint density at radius 3 is 2.29 bits per heavy atom. The van der Waals surface area contributed by atoms with Crippen LogP contribution in [0.15, 0.2) is 29.3 Å². The number of hydrogen-bond acceptors (Lipinski definition) is 2. The topological polar surface area (TPSA) is 45.7 Å². The molecule has 0 spiro atoms. The van der Waals surface area contributed by atoms with Crippen molar-refractivity contribution in [3.8, 4) is 5.75 Å². The predicted molar refractivity (Wildman–Crippen MR) is 101 cm³/mol. The van der Waals surface area contributed by atoms with Gasteiger partial charge in [-0.1, -0.05) is 12.1 Å². The van der Waals surface area contributed by atoms with Gasteiger partial charge in [0.2, 0.25) is 0 Å². The van der Waals surface area contributed by atoms with Crippen molar-refractivity contribution in [2.75, 3.05) is 20.7 Å². The lowest BCUT2D eigenvalue weighted by molar-refractivity contribution is 0.414. The molecule has 1 aromatic carbocycles. The fraction of sp³-hybridized carbons (Fsp3) is 0.562. The molecular formula is C16H28IN3O. The van der Waals surface area contributed by atoms with Gasteiger partial charge in [-0.25, -0.2) is 0 Å². The summed E-state index contributed by atoms with van der Waals surface area (Å²) < 4.78 is 5.15. The third kappa shape index (κ3) is 8.80. The average molecular weight is 405 g/mol. The lowest BCUT2D eigenvalue weighted by atomic mass is 10.1. The van der Waals surface area contributed by atoms with Crippen LogP contribution in [-0.2, 0) is 6.42 Å². The van der Waals surface area contributed by atoms with Gasteiger partial charge in [-0.15, -0.1) is 24.0 Å². The van der Waals surface area contributed by atoms with Crippen LogP contribution in [0.25, 0.3) is 0 Å². The first-order valence-electron chi connectivity index (χ1n) is 7.06. The standard InChI is InChI=1S/C16H27N3O.HI/c1-16(2,3)19-15(17-4)18-12-6-7-13-8-10-14(20-5)11-9-13;/h8-11H,6-7,12H2,1-5H3,(H2,17,18,19);1H. The van der Waals surface area contributed by atoms with E-state index in [2.05, 4.69) is 48.5 Å². The number of aliphatic imine (C=N–C) groups is 1. The summed E-state index contributed by atoms with van der Waals surface area (Å²) in [5.74, 6) is 1.76. The zero-order valence-electron chi connectivity index (χ0n) is 13.7. The number of halogens is 1. The minimum atomic E-state index is 0. The molecule has 2 N–H and O–H groups in total.